The van der Waals surface area contributed by atoms with Crippen molar-refractivity contribution in [2.75, 3.05) is 6.54 Å². The summed E-state index contributed by atoms with van der Waals surface area (Å²) in [7, 11) is 0. The maximum Gasteiger partial charge on any atom is 0.225 e. The van der Waals surface area contributed by atoms with E-state index < -0.39 is 0 Å². The second-order valence-corrected chi connectivity index (χ2v) is 5.59. The van der Waals surface area contributed by atoms with Crippen molar-refractivity contribution < 1.29 is 4.79 Å². The summed E-state index contributed by atoms with van der Waals surface area (Å²) in [5.41, 5.74) is -0.310. The van der Waals surface area contributed by atoms with E-state index in [-0.39, 0.29) is 17.4 Å². The van der Waals surface area contributed by atoms with Crippen LogP contribution in [0.25, 0.3) is 0 Å². The van der Waals surface area contributed by atoms with Gasteiger partial charge in [0, 0.05) is 23.9 Å². The first-order chi connectivity index (χ1) is 6.93. The molecule has 2 heterocycles. The van der Waals surface area contributed by atoms with E-state index >= 15 is 0 Å². The molecule has 3 fully saturated rings. The highest BCUT2D eigenvalue weighted by atomic mass is 16.2. The van der Waals surface area contributed by atoms with Gasteiger partial charge in [0.2, 0.25) is 5.91 Å². The highest BCUT2D eigenvalue weighted by Crippen LogP contribution is 2.40. The van der Waals surface area contributed by atoms with Crippen LogP contribution in [0.5, 0.6) is 0 Å². The first kappa shape index (κ1) is 10.4. The van der Waals surface area contributed by atoms with Crippen molar-refractivity contribution in [1.29, 1.82) is 0 Å². The first-order valence-corrected chi connectivity index (χ1v) is 5.47. The van der Waals surface area contributed by atoms with Crippen LogP contribution in [0.2, 0.25) is 0 Å². The highest BCUT2D eigenvalue weighted by molar-refractivity contribution is 5.81. The van der Waals surface area contributed by atoms with Crippen LogP contribution in [0.1, 0.15) is 27.2 Å². The van der Waals surface area contributed by atoms with E-state index in [9.17, 15) is 4.79 Å². The molecule has 1 saturated carbocycles. The van der Waals surface area contributed by atoms with Gasteiger partial charge in [0.15, 0.2) is 0 Å². The van der Waals surface area contributed by atoms with Crippen LogP contribution in [-0.4, -0.2) is 29.4 Å². The van der Waals surface area contributed by atoms with Crippen LogP contribution < -0.4 is 5.32 Å². The molecule has 0 spiro atoms. The van der Waals surface area contributed by atoms with Crippen LogP contribution in [-0.2, 0) is 4.79 Å². The Morgan fingerprint density at radius 1 is 1.53 bits per heavy atom. The van der Waals surface area contributed by atoms with E-state index in [1.165, 1.54) is 0 Å². The normalized spacial score (nSPS) is 33.2. The predicted molar refractivity (Wildman–Crippen MR) is 58.8 cm³/mol. The summed E-state index contributed by atoms with van der Waals surface area (Å²) >= 11 is 0. The third-order valence-corrected chi connectivity index (χ3v) is 3.44. The fourth-order valence-electron chi connectivity index (χ4n) is 2.35. The quantitative estimate of drug-likeness (QED) is 0.644. The fraction of sp³-hybridized carbons (Fsp3) is 0.750. The number of fused-ring (bicyclic) bond motifs is 1. The molecule has 15 heavy (non-hydrogen) atoms. The standard InChI is InChI=1S/C12H18N2O/c1-5-14-7-8-6-9(14)10(8)13-11(15)12(2,3)4/h1,8-10H,6-7H2,2-4H3,(H,13,15). The van der Waals surface area contributed by atoms with E-state index in [1.807, 2.05) is 25.7 Å². The number of nitrogens with zero attached hydrogens (tertiary/aromatic N) is 1. The molecule has 3 rings (SSSR count). The van der Waals surface area contributed by atoms with Crippen LogP contribution >= 0.6 is 0 Å². The van der Waals surface area contributed by atoms with Gasteiger partial charge < -0.3 is 10.2 Å². The molecule has 82 valence electrons. The van der Waals surface area contributed by atoms with Crippen molar-refractivity contribution in [3.05, 3.63) is 0 Å². The lowest BCUT2D eigenvalue weighted by molar-refractivity contribution is -0.130. The van der Waals surface area contributed by atoms with Crippen LogP contribution in [0.3, 0.4) is 0 Å². The summed E-state index contributed by atoms with van der Waals surface area (Å²) in [6.07, 6.45) is 6.53. The SMILES string of the molecule is C#CN1CC2CC1C2NC(=O)C(C)(C)C. The molecular formula is C12H18N2O. The van der Waals surface area contributed by atoms with Gasteiger partial charge in [0.05, 0.1) is 12.1 Å². The van der Waals surface area contributed by atoms with Gasteiger partial charge in [-0.2, -0.15) is 0 Å². The number of hydrogen-bond donors (Lipinski definition) is 1. The van der Waals surface area contributed by atoms with Gasteiger partial charge >= 0.3 is 0 Å². The van der Waals surface area contributed by atoms with Gasteiger partial charge in [-0.05, 0) is 6.42 Å². The summed E-state index contributed by atoms with van der Waals surface area (Å²) < 4.78 is 0. The molecule has 2 saturated heterocycles. The number of hydrogen-bond acceptors (Lipinski definition) is 2. The zero-order valence-corrected chi connectivity index (χ0v) is 9.58. The predicted octanol–water partition coefficient (Wildman–Crippen LogP) is 0.812. The molecule has 2 aliphatic heterocycles. The van der Waals surface area contributed by atoms with E-state index in [4.69, 9.17) is 6.42 Å². The maximum absolute atomic E-state index is 11.8. The van der Waals surface area contributed by atoms with Crippen molar-refractivity contribution in [2.24, 2.45) is 11.3 Å². The molecule has 3 heteroatoms. The summed E-state index contributed by atoms with van der Waals surface area (Å²) in [4.78, 5) is 13.8. The smallest absolute Gasteiger partial charge is 0.225 e. The molecule has 1 N–H and O–H groups in total. The second kappa shape index (κ2) is 3.16. The molecule has 0 aromatic carbocycles. The zero-order chi connectivity index (χ0) is 11.2. The third kappa shape index (κ3) is 1.58. The topological polar surface area (TPSA) is 32.3 Å². The average molecular weight is 206 g/mol. The minimum atomic E-state index is -0.310. The Bertz CT molecular complexity index is 323. The molecule has 0 aromatic heterocycles. The van der Waals surface area contributed by atoms with Gasteiger partial charge in [0.25, 0.3) is 0 Å². The number of terminal acetylenes is 1. The molecule has 0 aromatic rings. The number of rotatable bonds is 1. The minimum Gasteiger partial charge on any atom is -0.350 e. The van der Waals surface area contributed by atoms with Crippen molar-refractivity contribution in [2.45, 2.75) is 39.3 Å². The molecule has 3 aliphatic rings. The van der Waals surface area contributed by atoms with Gasteiger partial charge in [-0.3, -0.25) is 4.79 Å². The van der Waals surface area contributed by atoms with Crippen LogP contribution in [0.15, 0.2) is 0 Å². The van der Waals surface area contributed by atoms with Gasteiger partial charge in [-0.25, -0.2) is 0 Å². The number of nitrogens with one attached hydrogen (secondary N) is 1. The molecular weight excluding hydrogens is 188 g/mol. The molecule has 3 nitrogen and oxygen atoms in total. The molecule has 3 unspecified atom stereocenters. The Hall–Kier alpha value is -1.17. The molecule has 3 atom stereocenters. The summed E-state index contributed by atoms with van der Waals surface area (Å²) in [5.74, 6) is 0.693. The van der Waals surface area contributed by atoms with Crippen molar-refractivity contribution in [3.63, 3.8) is 0 Å². The van der Waals surface area contributed by atoms with Crippen molar-refractivity contribution >= 4 is 5.91 Å². The van der Waals surface area contributed by atoms with Crippen LogP contribution in [0.4, 0.5) is 0 Å². The van der Waals surface area contributed by atoms with Gasteiger partial charge in [-0.1, -0.05) is 27.2 Å². The van der Waals surface area contributed by atoms with Gasteiger partial charge in [0.1, 0.15) is 0 Å². The van der Waals surface area contributed by atoms with Gasteiger partial charge in [-0.15, -0.1) is 0 Å². The Morgan fingerprint density at radius 3 is 2.67 bits per heavy atom. The molecule has 0 radical (unpaired) electrons. The second-order valence-electron chi connectivity index (χ2n) is 5.59. The van der Waals surface area contributed by atoms with E-state index in [0.717, 1.165) is 13.0 Å². The molecule has 2 bridgehead atoms. The van der Waals surface area contributed by atoms with E-state index in [2.05, 4.69) is 11.4 Å². The lowest BCUT2D eigenvalue weighted by atomic mass is 9.79. The summed E-state index contributed by atoms with van der Waals surface area (Å²) in [6, 6.07) is 3.35. The third-order valence-electron chi connectivity index (χ3n) is 3.44. The lowest BCUT2D eigenvalue weighted by Gasteiger charge is -2.37. The van der Waals surface area contributed by atoms with Crippen molar-refractivity contribution in [3.8, 4) is 12.5 Å². The summed E-state index contributed by atoms with van der Waals surface area (Å²) in [6.45, 7) is 6.74. The number of carbonyl (C=O) groups excluding carboxylic acids is 1. The Kier molecular flexibility index (Phi) is 2.18. The van der Waals surface area contributed by atoms with Crippen molar-refractivity contribution in [1.82, 2.24) is 10.2 Å². The lowest BCUT2D eigenvalue weighted by Crippen LogP contribution is -2.56. The number of carbonyl (C=O) groups is 1. The zero-order valence-electron chi connectivity index (χ0n) is 9.58. The fourth-order valence-corrected chi connectivity index (χ4v) is 2.35. The minimum absolute atomic E-state index is 0.126. The average Bonchev–Trinajstić information content (AvgIpc) is 2.68. The summed E-state index contributed by atoms with van der Waals surface area (Å²) in [5, 5.41) is 3.11. The molecule has 1 aliphatic carbocycles. The highest BCUT2D eigenvalue weighted by Gasteiger charge is 2.52. The first-order valence-electron chi connectivity index (χ1n) is 5.47. The molecule has 1 amide bonds. The Balaban J connectivity index is 1.95. The largest absolute Gasteiger partial charge is 0.350 e. The number of amides is 1. The monoisotopic (exact) mass is 206 g/mol. The maximum atomic E-state index is 11.8. The van der Waals surface area contributed by atoms with E-state index in [1.54, 1.807) is 0 Å². The Morgan fingerprint density at radius 2 is 2.20 bits per heavy atom. The Labute approximate surface area is 91.2 Å². The van der Waals surface area contributed by atoms with Crippen LogP contribution in [0, 0.1) is 23.8 Å². The van der Waals surface area contributed by atoms with E-state index in [0.29, 0.717) is 12.0 Å².